The maximum absolute atomic E-state index is 11.9. The number of nitrogens with one attached hydrogen (secondary N) is 1. The molecule has 3 aromatic rings. The van der Waals surface area contributed by atoms with Gasteiger partial charge in [-0.25, -0.2) is 9.78 Å². The molecule has 146 valence electrons. The second-order valence-corrected chi connectivity index (χ2v) is 7.75. The molecule has 8 nitrogen and oxygen atoms in total. The van der Waals surface area contributed by atoms with Crippen LogP contribution in [0.4, 0.5) is 4.79 Å². The van der Waals surface area contributed by atoms with Crippen molar-refractivity contribution in [3.63, 3.8) is 0 Å². The van der Waals surface area contributed by atoms with Crippen molar-refractivity contribution < 1.29 is 14.6 Å². The van der Waals surface area contributed by atoms with E-state index in [0.717, 1.165) is 11.3 Å². The fraction of sp³-hybridized carbons (Fsp3) is 0.316. The molecule has 1 atom stereocenters. The molecule has 0 aliphatic carbocycles. The van der Waals surface area contributed by atoms with Crippen LogP contribution in [0.25, 0.3) is 16.7 Å². The maximum atomic E-state index is 11.9. The van der Waals surface area contributed by atoms with Crippen LogP contribution in [0.2, 0.25) is 5.15 Å². The van der Waals surface area contributed by atoms with Crippen molar-refractivity contribution in [2.45, 2.75) is 25.5 Å². The normalized spacial score (nSPS) is 19.1. The smallest absolute Gasteiger partial charge is 0.407 e. The zero-order chi connectivity index (χ0) is 20.1. The standard InChI is InChI=1S/C19H19ClN4O4/c1-19(2)9-23(18(26)27)14(8-28-19)11-3-5-12(6-4-11)24-15(20)7-13-16(24)21-10-22-17(13)25/h3-7,10,14H,8-9H2,1-2H3,(H,26,27)(H,21,22,25). The highest BCUT2D eigenvalue weighted by atomic mass is 35.5. The fourth-order valence-corrected chi connectivity index (χ4v) is 3.81. The average Bonchev–Trinajstić information content (AvgIpc) is 2.99. The Morgan fingerprint density at radius 2 is 2.07 bits per heavy atom. The minimum Gasteiger partial charge on any atom is -0.465 e. The minimum absolute atomic E-state index is 0.263. The number of morpholine rings is 1. The quantitative estimate of drug-likeness (QED) is 0.685. The average molecular weight is 403 g/mol. The second-order valence-electron chi connectivity index (χ2n) is 7.36. The molecule has 2 N–H and O–H groups in total. The van der Waals surface area contributed by atoms with Gasteiger partial charge in [0, 0.05) is 5.69 Å². The van der Waals surface area contributed by atoms with E-state index in [1.807, 2.05) is 38.1 Å². The third-order valence-corrected chi connectivity index (χ3v) is 5.18. The van der Waals surface area contributed by atoms with Gasteiger partial charge in [-0.15, -0.1) is 0 Å². The van der Waals surface area contributed by atoms with Crippen LogP contribution in [0, 0.1) is 0 Å². The van der Waals surface area contributed by atoms with Gasteiger partial charge in [-0.05, 0) is 37.6 Å². The first-order valence-electron chi connectivity index (χ1n) is 8.75. The molecular formula is C19H19ClN4O4. The van der Waals surface area contributed by atoms with Crippen LogP contribution in [0.5, 0.6) is 0 Å². The van der Waals surface area contributed by atoms with Crippen LogP contribution >= 0.6 is 11.6 Å². The van der Waals surface area contributed by atoms with Gasteiger partial charge in [-0.1, -0.05) is 23.7 Å². The Labute approximate surface area is 165 Å². The monoisotopic (exact) mass is 402 g/mol. The van der Waals surface area contributed by atoms with Gasteiger partial charge in [0.05, 0.1) is 36.5 Å². The topological polar surface area (TPSA) is 100 Å². The molecule has 4 rings (SSSR count). The van der Waals surface area contributed by atoms with E-state index < -0.39 is 17.7 Å². The highest BCUT2D eigenvalue weighted by Crippen LogP contribution is 2.32. The first-order valence-corrected chi connectivity index (χ1v) is 9.13. The minimum atomic E-state index is -0.978. The van der Waals surface area contributed by atoms with Gasteiger partial charge < -0.3 is 14.8 Å². The van der Waals surface area contributed by atoms with Gasteiger partial charge in [-0.3, -0.25) is 14.3 Å². The third-order valence-electron chi connectivity index (χ3n) is 4.90. The summed E-state index contributed by atoms with van der Waals surface area (Å²) in [5.74, 6) is 0. The van der Waals surface area contributed by atoms with Crippen molar-refractivity contribution in [3.8, 4) is 5.69 Å². The zero-order valence-electron chi connectivity index (χ0n) is 15.3. The van der Waals surface area contributed by atoms with Gasteiger partial charge in [-0.2, -0.15) is 0 Å². The van der Waals surface area contributed by atoms with E-state index in [1.54, 1.807) is 10.6 Å². The molecule has 0 saturated carbocycles. The molecule has 1 saturated heterocycles. The number of rotatable bonds is 2. The number of amides is 1. The second kappa shape index (κ2) is 6.65. The van der Waals surface area contributed by atoms with Gasteiger partial charge in [0.15, 0.2) is 5.65 Å². The fourth-order valence-electron chi connectivity index (χ4n) is 3.52. The number of nitrogens with zero attached hydrogens (tertiary/aromatic N) is 3. The number of hydrogen-bond donors (Lipinski definition) is 2. The Kier molecular flexibility index (Phi) is 4.40. The Morgan fingerprint density at radius 3 is 2.75 bits per heavy atom. The molecule has 1 aliphatic rings. The van der Waals surface area contributed by atoms with Gasteiger partial charge in [0.25, 0.3) is 5.56 Å². The SMILES string of the molecule is CC1(C)CN(C(=O)O)C(c2ccc(-n3c(Cl)cc4c(=O)[nH]cnc43)cc2)CO1. The van der Waals surface area contributed by atoms with Crippen LogP contribution in [-0.4, -0.2) is 49.4 Å². The highest BCUT2D eigenvalue weighted by molar-refractivity contribution is 6.31. The number of carbonyl (C=O) groups is 1. The van der Waals surface area contributed by atoms with E-state index in [-0.39, 0.29) is 18.7 Å². The number of H-pyrrole nitrogens is 1. The number of hydrogen-bond acceptors (Lipinski definition) is 4. The lowest BCUT2D eigenvalue weighted by Crippen LogP contribution is -2.51. The lowest BCUT2D eigenvalue weighted by atomic mass is 9.99. The number of aromatic amines is 1. The van der Waals surface area contributed by atoms with Gasteiger partial charge in [0.1, 0.15) is 5.15 Å². The summed E-state index contributed by atoms with van der Waals surface area (Å²) in [7, 11) is 0. The molecular weight excluding hydrogens is 384 g/mol. The molecule has 1 fully saturated rings. The lowest BCUT2D eigenvalue weighted by molar-refractivity contribution is -0.106. The number of fused-ring (bicyclic) bond motifs is 1. The molecule has 2 aromatic heterocycles. The van der Waals surface area contributed by atoms with E-state index in [0.29, 0.717) is 16.2 Å². The maximum Gasteiger partial charge on any atom is 0.407 e. The van der Waals surface area contributed by atoms with Crippen LogP contribution in [0.3, 0.4) is 0 Å². The first kappa shape index (κ1) is 18.5. The van der Waals surface area contributed by atoms with Crippen molar-refractivity contribution in [1.82, 2.24) is 19.4 Å². The number of benzene rings is 1. The van der Waals surface area contributed by atoms with E-state index in [4.69, 9.17) is 16.3 Å². The molecule has 9 heteroatoms. The van der Waals surface area contributed by atoms with Crippen molar-refractivity contribution in [2.24, 2.45) is 0 Å². The first-order chi connectivity index (χ1) is 13.3. The van der Waals surface area contributed by atoms with Crippen molar-refractivity contribution >= 4 is 28.7 Å². The van der Waals surface area contributed by atoms with Crippen LogP contribution in [0.1, 0.15) is 25.5 Å². The van der Waals surface area contributed by atoms with E-state index in [1.165, 1.54) is 11.2 Å². The predicted octanol–water partition coefficient (Wildman–Crippen LogP) is 3.20. The Hall–Kier alpha value is -2.84. The van der Waals surface area contributed by atoms with E-state index in [9.17, 15) is 14.7 Å². The van der Waals surface area contributed by atoms with Crippen LogP contribution in [-0.2, 0) is 4.74 Å². The third kappa shape index (κ3) is 3.14. The molecule has 0 spiro atoms. The molecule has 0 bridgehead atoms. The largest absolute Gasteiger partial charge is 0.465 e. The highest BCUT2D eigenvalue weighted by Gasteiger charge is 2.37. The lowest BCUT2D eigenvalue weighted by Gasteiger charge is -2.42. The molecule has 1 amide bonds. The van der Waals surface area contributed by atoms with Crippen molar-refractivity contribution in [3.05, 3.63) is 57.7 Å². The number of ether oxygens (including phenoxy) is 1. The summed E-state index contributed by atoms with van der Waals surface area (Å²) in [6.07, 6.45) is 0.353. The number of carboxylic acid groups (broad SMARTS) is 1. The summed E-state index contributed by atoms with van der Waals surface area (Å²) in [4.78, 5) is 31.8. The summed E-state index contributed by atoms with van der Waals surface area (Å²) in [6, 6.07) is 8.50. The Bertz CT molecular complexity index is 1100. The van der Waals surface area contributed by atoms with Gasteiger partial charge >= 0.3 is 6.09 Å². The molecule has 28 heavy (non-hydrogen) atoms. The molecule has 1 aliphatic heterocycles. The van der Waals surface area contributed by atoms with Crippen LogP contribution < -0.4 is 5.56 Å². The summed E-state index contributed by atoms with van der Waals surface area (Å²) in [6.45, 7) is 4.31. The van der Waals surface area contributed by atoms with Gasteiger partial charge in [0.2, 0.25) is 0 Å². The molecule has 0 radical (unpaired) electrons. The van der Waals surface area contributed by atoms with Crippen LogP contribution in [0.15, 0.2) is 41.5 Å². The van der Waals surface area contributed by atoms with E-state index in [2.05, 4.69) is 9.97 Å². The van der Waals surface area contributed by atoms with E-state index >= 15 is 0 Å². The molecule has 1 aromatic carbocycles. The Morgan fingerprint density at radius 1 is 1.36 bits per heavy atom. The predicted molar refractivity (Wildman–Crippen MR) is 104 cm³/mol. The Balaban J connectivity index is 1.70. The zero-order valence-corrected chi connectivity index (χ0v) is 16.1. The van der Waals surface area contributed by atoms with Crippen molar-refractivity contribution in [1.29, 1.82) is 0 Å². The molecule has 1 unspecified atom stereocenters. The summed E-state index contributed by atoms with van der Waals surface area (Å²) >= 11 is 6.32. The van der Waals surface area contributed by atoms with Crippen molar-refractivity contribution in [2.75, 3.05) is 13.2 Å². The summed E-state index contributed by atoms with van der Waals surface area (Å²) < 4.78 is 7.50. The number of aromatic nitrogens is 3. The summed E-state index contributed by atoms with van der Waals surface area (Å²) in [5.41, 5.74) is 1.21. The summed E-state index contributed by atoms with van der Waals surface area (Å²) in [5, 5.41) is 10.4. The molecule has 3 heterocycles. The number of halogens is 1.